The van der Waals surface area contributed by atoms with E-state index in [1.807, 2.05) is 6.92 Å². The van der Waals surface area contributed by atoms with Gasteiger partial charge in [-0.3, -0.25) is 4.79 Å². The van der Waals surface area contributed by atoms with Crippen LogP contribution >= 0.6 is 34.8 Å². The van der Waals surface area contributed by atoms with Crippen LogP contribution in [0.3, 0.4) is 0 Å². The average molecular weight is 345 g/mol. The second-order valence-corrected chi connectivity index (χ2v) is 5.47. The summed E-state index contributed by atoms with van der Waals surface area (Å²) >= 11 is 17.8. The predicted octanol–water partition coefficient (Wildman–Crippen LogP) is 5.30. The van der Waals surface area contributed by atoms with Crippen LogP contribution in [-0.2, 0) is 0 Å². The molecule has 3 nitrogen and oxygen atoms in total. The summed E-state index contributed by atoms with van der Waals surface area (Å²) in [7, 11) is 0. The third-order valence-electron chi connectivity index (χ3n) is 2.61. The van der Waals surface area contributed by atoms with Gasteiger partial charge in [-0.1, -0.05) is 34.8 Å². The number of anilines is 1. The summed E-state index contributed by atoms with van der Waals surface area (Å²) in [5.74, 6) is 0.236. The van der Waals surface area contributed by atoms with E-state index in [1.165, 1.54) is 0 Å². The van der Waals surface area contributed by atoms with E-state index in [0.717, 1.165) is 0 Å². The highest BCUT2D eigenvalue weighted by Gasteiger charge is 2.10. The Hall–Kier alpha value is -1.42. The summed E-state index contributed by atoms with van der Waals surface area (Å²) in [5.41, 5.74) is 0.932. The molecule has 0 heterocycles. The third kappa shape index (κ3) is 4.27. The third-order valence-corrected chi connectivity index (χ3v) is 3.35. The highest BCUT2D eigenvalue weighted by atomic mass is 35.5. The quantitative estimate of drug-likeness (QED) is 0.817. The van der Waals surface area contributed by atoms with E-state index in [2.05, 4.69) is 5.32 Å². The molecule has 2 rings (SSSR count). The topological polar surface area (TPSA) is 38.3 Å². The zero-order valence-electron chi connectivity index (χ0n) is 11.1. The molecule has 0 aliphatic rings. The minimum Gasteiger partial charge on any atom is -0.492 e. The van der Waals surface area contributed by atoms with Crippen molar-refractivity contribution in [2.75, 3.05) is 11.9 Å². The first-order valence-electron chi connectivity index (χ1n) is 6.19. The highest BCUT2D eigenvalue weighted by Crippen LogP contribution is 2.27. The van der Waals surface area contributed by atoms with Gasteiger partial charge in [-0.25, -0.2) is 0 Å². The fourth-order valence-electron chi connectivity index (χ4n) is 1.74. The summed E-state index contributed by atoms with van der Waals surface area (Å²) in [4.78, 5) is 12.2. The fraction of sp³-hybridized carbons (Fsp3) is 0.133. The average Bonchev–Trinajstić information content (AvgIpc) is 2.40. The number of hydrogen-bond acceptors (Lipinski definition) is 2. The van der Waals surface area contributed by atoms with Crippen molar-refractivity contribution < 1.29 is 9.53 Å². The van der Waals surface area contributed by atoms with Crippen LogP contribution in [0.25, 0.3) is 0 Å². The number of ether oxygens (including phenoxy) is 1. The Kier molecular flexibility index (Phi) is 5.34. The molecule has 6 heteroatoms. The molecule has 2 aromatic rings. The number of benzene rings is 2. The van der Waals surface area contributed by atoms with Crippen molar-refractivity contribution in [3.8, 4) is 5.75 Å². The Balaban J connectivity index is 2.18. The van der Waals surface area contributed by atoms with E-state index in [0.29, 0.717) is 38.7 Å². The lowest BCUT2D eigenvalue weighted by molar-refractivity contribution is 0.102. The summed E-state index contributed by atoms with van der Waals surface area (Å²) in [6, 6.07) is 9.66. The van der Waals surface area contributed by atoms with Gasteiger partial charge in [-0.05, 0) is 43.3 Å². The molecule has 21 heavy (non-hydrogen) atoms. The molecular weight excluding hydrogens is 333 g/mol. The van der Waals surface area contributed by atoms with Crippen LogP contribution in [0.5, 0.6) is 5.75 Å². The lowest BCUT2D eigenvalue weighted by Gasteiger charge is -2.09. The van der Waals surface area contributed by atoms with Gasteiger partial charge in [-0.2, -0.15) is 0 Å². The summed E-state index contributed by atoms with van der Waals surface area (Å²) in [6.07, 6.45) is 0. The van der Waals surface area contributed by atoms with Crippen LogP contribution in [0.15, 0.2) is 36.4 Å². The SMILES string of the molecule is CCOc1ccc(C(=O)Nc2cc(Cl)cc(Cl)c2)cc1Cl. The lowest BCUT2D eigenvalue weighted by atomic mass is 10.2. The number of hydrogen-bond donors (Lipinski definition) is 1. The van der Waals surface area contributed by atoms with Gasteiger partial charge in [0.2, 0.25) is 0 Å². The largest absolute Gasteiger partial charge is 0.492 e. The zero-order chi connectivity index (χ0) is 15.4. The number of carbonyl (C=O) groups excluding carboxylic acids is 1. The first-order chi connectivity index (χ1) is 9.99. The van der Waals surface area contributed by atoms with Gasteiger partial charge >= 0.3 is 0 Å². The molecule has 0 spiro atoms. The number of rotatable bonds is 4. The minimum absolute atomic E-state index is 0.307. The Morgan fingerprint density at radius 3 is 2.33 bits per heavy atom. The number of halogens is 3. The second-order valence-electron chi connectivity index (χ2n) is 4.19. The first kappa shape index (κ1) is 16.0. The fourth-order valence-corrected chi connectivity index (χ4v) is 2.51. The maximum atomic E-state index is 12.2. The van der Waals surface area contributed by atoms with Crippen LogP contribution in [0, 0.1) is 0 Å². The summed E-state index contributed by atoms with van der Waals surface area (Å²) in [6.45, 7) is 2.37. The van der Waals surface area contributed by atoms with Crippen LogP contribution in [0.1, 0.15) is 17.3 Å². The molecule has 0 radical (unpaired) electrons. The molecule has 0 fully saturated rings. The Morgan fingerprint density at radius 1 is 1.10 bits per heavy atom. The number of nitrogens with one attached hydrogen (secondary N) is 1. The molecule has 0 unspecified atom stereocenters. The van der Waals surface area contributed by atoms with Crippen molar-refractivity contribution in [2.45, 2.75) is 6.92 Å². The molecule has 0 bridgehead atoms. The Bertz CT molecular complexity index is 654. The van der Waals surface area contributed by atoms with E-state index < -0.39 is 0 Å². The molecule has 110 valence electrons. The van der Waals surface area contributed by atoms with E-state index in [-0.39, 0.29) is 5.91 Å². The molecular formula is C15H12Cl3NO2. The molecule has 1 amide bonds. The normalized spacial score (nSPS) is 10.3. The standard InChI is InChI=1S/C15H12Cl3NO2/c1-2-21-14-4-3-9(5-13(14)18)15(20)19-12-7-10(16)6-11(17)8-12/h3-8H,2H2,1H3,(H,19,20). The van der Waals surface area contributed by atoms with Crippen LogP contribution in [-0.4, -0.2) is 12.5 Å². The maximum Gasteiger partial charge on any atom is 0.255 e. The zero-order valence-corrected chi connectivity index (χ0v) is 13.4. The molecule has 2 aromatic carbocycles. The van der Waals surface area contributed by atoms with Crippen molar-refractivity contribution in [3.05, 3.63) is 57.0 Å². The molecule has 0 saturated heterocycles. The highest BCUT2D eigenvalue weighted by molar-refractivity contribution is 6.35. The van der Waals surface area contributed by atoms with Crippen LogP contribution in [0.2, 0.25) is 15.1 Å². The minimum atomic E-state index is -0.307. The van der Waals surface area contributed by atoms with Crippen molar-refractivity contribution in [3.63, 3.8) is 0 Å². The van der Waals surface area contributed by atoms with E-state index >= 15 is 0 Å². The molecule has 0 saturated carbocycles. The first-order valence-corrected chi connectivity index (χ1v) is 7.32. The number of amides is 1. The molecule has 0 aliphatic heterocycles. The maximum absolute atomic E-state index is 12.2. The predicted molar refractivity (Wildman–Crippen MR) is 87.0 cm³/mol. The summed E-state index contributed by atoms with van der Waals surface area (Å²) in [5, 5.41) is 3.99. The molecule has 0 atom stereocenters. The van der Waals surface area contributed by atoms with Gasteiger partial charge in [0.1, 0.15) is 5.75 Å². The summed E-state index contributed by atoms with van der Waals surface area (Å²) < 4.78 is 5.32. The van der Waals surface area contributed by atoms with Gasteiger partial charge in [0.05, 0.1) is 11.6 Å². The van der Waals surface area contributed by atoms with Crippen molar-refractivity contribution in [1.29, 1.82) is 0 Å². The monoisotopic (exact) mass is 343 g/mol. The Morgan fingerprint density at radius 2 is 1.76 bits per heavy atom. The van der Waals surface area contributed by atoms with Crippen LogP contribution in [0.4, 0.5) is 5.69 Å². The number of carbonyl (C=O) groups is 1. The van der Waals surface area contributed by atoms with Gasteiger partial charge in [0.25, 0.3) is 5.91 Å². The van der Waals surface area contributed by atoms with Crippen molar-refractivity contribution in [2.24, 2.45) is 0 Å². The molecule has 1 N–H and O–H groups in total. The van der Waals surface area contributed by atoms with Gasteiger partial charge < -0.3 is 10.1 Å². The lowest BCUT2D eigenvalue weighted by Crippen LogP contribution is -2.12. The smallest absolute Gasteiger partial charge is 0.255 e. The van der Waals surface area contributed by atoms with Crippen molar-refractivity contribution in [1.82, 2.24) is 0 Å². The van der Waals surface area contributed by atoms with E-state index in [9.17, 15) is 4.79 Å². The molecule has 0 aliphatic carbocycles. The van der Waals surface area contributed by atoms with Crippen molar-refractivity contribution >= 4 is 46.4 Å². The molecule has 0 aromatic heterocycles. The van der Waals surface area contributed by atoms with E-state index in [4.69, 9.17) is 39.5 Å². The van der Waals surface area contributed by atoms with Crippen LogP contribution < -0.4 is 10.1 Å². The van der Waals surface area contributed by atoms with Gasteiger partial charge in [0.15, 0.2) is 0 Å². The van der Waals surface area contributed by atoms with Gasteiger partial charge in [0, 0.05) is 21.3 Å². The second kappa shape index (κ2) is 7.03. The van der Waals surface area contributed by atoms with Gasteiger partial charge in [-0.15, -0.1) is 0 Å². The van der Waals surface area contributed by atoms with E-state index in [1.54, 1.807) is 36.4 Å². The Labute approximate surface area is 137 Å².